The first kappa shape index (κ1) is 16.5. The Morgan fingerprint density at radius 2 is 1.96 bits per heavy atom. The van der Waals surface area contributed by atoms with Crippen molar-refractivity contribution in [2.24, 2.45) is 16.5 Å². The molecule has 0 bridgehead atoms. The molecular formula is C20H17ClN4O. The monoisotopic (exact) mass is 364 g/mol. The number of amides is 1. The van der Waals surface area contributed by atoms with E-state index in [1.807, 2.05) is 36.5 Å². The lowest BCUT2D eigenvalue weighted by Crippen LogP contribution is -2.24. The van der Waals surface area contributed by atoms with Crippen LogP contribution in [0.3, 0.4) is 0 Å². The number of aliphatic imine (C=N–C) groups is 1. The van der Waals surface area contributed by atoms with Crippen molar-refractivity contribution in [3.8, 4) is 11.3 Å². The van der Waals surface area contributed by atoms with Crippen molar-refractivity contribution < 1.29 is 4.79 Å². The third-order valence-electron chi connectivity index (χ3n) is 4.53. The van der Waals surface area contributed by atoms with Crippen molar-refractivity contribution in [2.75, 3.05) is 0 Å². The van der Waals surface area contributed by atoms with E-state index in [1.54, 1.807) is 12.1 Å². The van der Waals surface area contributed by atoms with Crippen LogP contribution in [0.4, 0.5) is 0 Å². The minimum Gasteiger partial charge on any atom is -0.370 e. The molecule has 130 valence electrons. The summed E-state index contributed by atoms with van der Waals surface area (Å²) in [5.41, 5.74) is 13.8. The fourth-order valence-electron chi connectivity index (χ4n) is 3.08. The van der Waals surface area contributed by atoms with Gasteiger partial charge in [0.15, 0.2) is 5.96 Å². The van der Waals surface area contributed by atoms with Gasteiger partial charge in [0.1, 0.15) is 0 Å². The number of pyridine rings is 1. The molecule has 1 heterocycles. The van der Waals surface area contributed by atoms with E-state index in [-0.39, 0.29) is 5.96 Å². The molecular weight excluding hydrogens is 348 g/mol. The number of hydrogen-bond donors (Lipinski definition) is 2. The average Bonchev–Trinajstić information content (AvgIpc) is 3.45. The van der Waals surface area contributed by atoms with Crippen molar-refractivity contribution in [1.82, 2.24) is 4.98 Å². The molecule has 1 fully saturated rings. The molecule has 0 atom stereocenters. The molecule has 4 N–H and O–H groups in total. The van der Waals surface area contributed by atoms with Crippen molar-refractivity contribution in [3.63, 3.8) is 0 Å². The van der Waals surface area contributed by atoms with Gasteiger partial charge in [-0.05, 0) is 53.3 Å². The molecule has 6 heteroatoms. The van der Waals surface area contributed by atoms with Gasteiger partial charge in [0, 0.05) is 17.3 Å². The highest BCUT2D eigenvalue weighted by Gasteiger charge is 2.24. The van der Waals surface area contributed by atoms with Gasteiger partial charge in [-0.3, -0.25) is 9.78 Å². The summed E-state index contributed by atoms with van der Waals surface area (Å²) in [4.78, 5) is 20.4. The lowest BCUT2D eigenvalue weighted by molar-refractivity contribution is 0.100. The van der Waals surface area contributed by atoms with E-state index in [1.165, 1.54) is 18.4 Å². The molecule has 1 saturated carbocycles. The molecule has 2 aromatic carbocycles. The molecule has 0 unspecified atom stereocenters. The van der Waals surface area contributed by atoms with Crippen LogP contribution in [0.15, 0.2) is 53.7 Å². The van der Waals surface area contributed by atoms with E-state index < -0.39 is 5.91 Å². The summed E-state index contributed by atoms with van der Waals surface area (Å²) in [6.07, 6.45) is 4.29. The van der Waals surface area contributed by atoms with Gasteiger partial charge < -0.3 is 11.5 Å². The van der Waals surface area contributed by atoms with Gasteiger partial charge >= 0.3 is 0 Å². The Kier molecular flexibility index (Phi) is 4.09. The van der Waals surface area contributed by atoms with Gasteiger partial charge in [0.2, 0.25) is 0 Å². The van der Waals surface area contributed by atoms with E-state index in [9.17, 15) is 4.79 Å². The van der Waals surface area contributed by atoms with Crippen LogP contribution in [-0.2, 0) is 0 Å². The third kappa shape index (κ3) is 3.13. The van der Waals surface area contributed by atoms with Crippen LogP contribution in [-0.4, -0.2) is 16.9 Å². The predicted octanol–water partition coefficient (Wildman–Crippen LogP) is 3.85. The van der Waals surface area contributed by atoms with Crippen LogP contribution >= 0.6 is 11.6 Å². The second-order valence-electron chi connectivity index (χ2n) is 6.46. The second kappa shape index (κ2) is 6.42. The Balaban J connectivity index is 1.84. The molecule has 0 aliphatic heterocycles. The number of nitrogens with two attached hydrogens (primary N) is 2. The Labute approximate surface area is 155 Å². The molecule has 5 nitrogen and oxygen atoms in total. The summed E-state index contributed by atoms with van der Waals surface area (Å²) in [5, 5.41) is 2.47. The topological polar surface area (TPSA) is 94.4 Å². The highest BCUT2D eigenvalue weighted by Crippen LogP contribution is 2.42. The van der Waals surface area contributed by atoms with Crippen molar-refractivity contribution in [1.29, 1.82) is 0 Å². The van der Waals surface area contributed by atoms with Crippen LogP contribution in [0, 0.1) is 0 Å². The number of fused-ring (bicyclic) bond motifs is 1. The Bertz CT molecular complexity index is 1050. The maximum absolute atomic E-state index is 12.2. The largest absolute Gasteiger partial charge is 0.370 e. The summed E-state index contributed by atoms with van der Waals surface area (Å²) < 4.78 is 0. The Morgan fingerprint density at radius 1 is 1.15 bits per heavy atom. The number of benzene rings is 2. The standard InChI is InChI=1S/C20H17ClN4O/c21-17-9-14(11-4-5-11)10-24-18(17)15-3-1-2-12-6-7-13(8-16(12)15)19(26)25-20(22)23/h1-3,6-11H,4-5H2,(H4,22,23,25,26). The first-order chi connectivity index (χ1) is 12.5. The minimum absolute atomic E-state index is 0.260. The van der Waals surface area contributed by atoms with Crippen LogP contribution in [0.25, 0.3) is 22.0 Å². The highest BCUT2D eigenvalue weighted by atomic mass is 35.5. The number of hydrogen-bond acceptors (Lipinski definition) is 2. The molecule has 1 amide bonds. The summed E-state index contributed by atoms with van der Waals surface area (Å²) in [5.74, 6) is -0.154. The summed E-state index contributed by atoms with van der Waals surface area (Å²) in [7, 11) is 0. The fourth-order valence-corrected chi connectivity index (χ4v) is 3.36. The van der Waals surface area contributed by atoms with Gasteiger partial charge in [0.25, 0.3) is 5.91 Å². The lowest BCUT2D eigenvalue weighted by Gasteiger charge is -2.10. The quantitative estimate of drug-likeness (QED) is 0.545. The maximum Gasteiger partial charge on any atom is 0.280 e. The molecule has 4 rings (SSSR count). The molecule has 1 aliphatic rings. The number of nitrogens with zero attached hydrogens (tertiary/aromatic N) is 2. The average molecular weight is 365 g/mol. The summed E-state index contributed by atoms with van der Waals surface area (Å²) in [6, 6.07) is 13.2. The first-order valence-corrected chi connectivity index (χ1v) is 8.73. The van der Waals surface area contributed by atoms with Gasteiger partial charge in [-0.25, -0.2) is 0 Å². The van der Waals surface area contributed by atoms with Crippen LogP contribution < -0.4 is 11.5 Å². The number of guanidine groups is 1. The fraction of sp³-hybridized carbons (Fsp3) is 0.150. The van der Waals surface area contributed by atoms with Crippen molar-refractivity contribution in [3.05, 3.63) is 64.8 Å². The van der Waals surface area contributed by atoms with E-state index in [4.69, 9.17) is 23.1 Å². The van der Waals surface area contributed by atoms with E-state index in [2.05, 4.69) is 9.98 Å². The first-order valence-electron chi connectivity index (χ1n) is 8.35. The summed E-state index contributed by atoms with van der Waals surface area (Å²) >= 11 is 6.52. The van der Waals surface area contributed by atoms with E-state index in [0.717, 1.165) is 16.3 Å². The number of carbonyl (C=O) groups is 1. The zero-order chi connectivity index (χ0) is 18.3. The summed E-state index contributed by atoms with van der Waals surface area (Å²) in [6.45, 7) is 0. The predicted molar refractivity (Wildman–Crippen MR) is 104 cm³/mol. The number of aromatic nitrogens is 1. The molecule has 3 aromatic rings. The lowest BCUT2D eigenvalue weighted by atomic mass is 9.99. The van der Waals surface area contributed by atoms with Gasteiger partial charge in [0.05, 0.1) is 10.7 Å². The Morgan fingerprint density at radius 3 is 2.65 bits per heavy atom. The zero-order valence-corrected chi connectivity index (χ0v) is 14.7. The second-order valence-corrected chi connectivity index (χ2v) is 6.86. The van der Waals surface area contributed by atoms with E-state index >= 15 is 0 Å². The smallest absolute Gasteiger partial charge is 0.280 e. The van der Waals surface area contributed by atoms with Gasteiger partial charge in [-0.2, -0.15) is 4.99 Å². The SMILES string of the molecule is NC(N)=NC(=O)c1ccc2cccc(-c3ncc(C4CC4)cc3Cl)c2c1. The normalized spacial score (nSPS) is 13.6. The number of carbonyl (C=O) groups excluding carboxylic acids is 1. The molecule has 1 aromatic heterocycles. The van der Waals surface area contributed by atoms with Crippen LogP contribution in [0.1, 0.15) is 34.7 Å². The van der Waals surface area contributed by atoms with Gasteiger partial charge in [-0.15, -0.1) is 0 Å². The molecule has 1 aliphatic carbocycles. The van der Waals surface area contributed by atoms with Gasteiger partial charge in [-0.1, -0.05) is 35.9 Å². The highest BCUT2D eigenvalue weighted by molar-refractivity contribution is 6.33. The number of halogens is 1. The zero-order valence-electron chi connectivity index (χ0n) is 13.9. The number of rotatable bonds is 3. The van der Waals surface area contributed by atoms with Crippen molar-refractivity contribution in [2.45, 2.75) is 18.8 Å². The minimum atomic E-state index is -0.482. The van der Waals surface area contributed by atoms with Crippen LogP contribution in [0.2, 0.25) is 5.02 Å². The van der Waals surface area contributed by atoms with E-state index in [0.29, 0.717) is 22.2 Å². The maximum atomic E-state index is 12.2. The Hall–Kier alpha value is -2.92. The third-order valence-corrected chi connectivity index (χ3v) is 4.81. The molecule has 26 heavy (non-hydrogen) atoms. The molecule has 0 saturated heterocycles. The van der Waals surface area contributed by atoms with Crippen molar-refractivity contribution >= 4 is 34.2 Å². The molecule has 0 radical (unpaired) electrons. The molecule has 0 spiro atoms. The van der Waals surface area contributed by atoms with Crippen LogP contribution in [0.5, 0.6) is 0 Å².